The van der Waals surface area contributed by atoms with Gasteiger partial charge in [0.2, 0.25) is 15.9 Å². The van der Waals surface area contributed by atoms with Crippen molar-refractivity contribution in [2.45, 2.75) is 25.3 Å². The van der Waals surface area contributed by atoms with E-state index in [1.54, 1.807) is 32.0 Å². The Morgan fingerprint density at radius 1 is 1.13 bits per heavy atom. The fourth-order valence-corrected chi connectivity index (χ4v) is 4.65. The van der Waals surface area contributed by atoms with Crippen molar-refractivity contribution < 1.29 is 13.2 Å². The normalized spacial score (nSPS) is 11.7. The Labute approximate surface area is 179 Å². The van der Waals surface area contributed by atoms with E-state index in [1.807, 2.05) is 0 Å². The quantitative estimate of drug-likeness (QED) is 0.598. The number of aromatic nitrogens is 2. The van der Waals surface area contributed by atoms with Crippen LogP contribution in [0.15, 0.2) is 58.5 Å². The molecular formula is C20H21ClN4O4S. The van der Waals surface area contributed by atoms with Crippen molar-refractivity contribution in [3.63, 3.8) is 0 Å². The van der Waals surface area contributed by atoms with Crippen molar-refractivity contribution in [3.8, 4) is 0 Å². The number of hydrogen-bond donors (Lipinski definition) is 1. The predicted molar refractivity (Wildman–Crippen MR) is 116 cm³/mol. The Bertz CT molecular complexity index is 1240. The van der Waals surface area contributed by atoms with Crippen molar-refractivity contribution in [3.05, 3.63) is 64.2 Å². The Hall–Kier alpha value is -2.75. The second kappa shape index (κ2) is 8.95. The van der Waals surface area contributed by atoms with Gasteiger partial charge in [-0.1, -0.05) is 25.4 Å². The van der Waals surface area contributed by atoms with E-state index in [0.717, 1.165) is 0 Å². The van der Waals surface area contributed by atoms with Crippen LogP contribution >= 0.6 is 11.6 Å². The molecule has 0 spiro atoms. The van der Waals surface area contributed by atoms with E-state index >= 15 is 0 Å². The number of amides is 1. The fraction of sp³-hybridized carbons (Fsp3) is 0.250. The second-order valence-electron chi connectivity index (χ2n) is 6.50. The van der Waals surface area contributed by atoms with E-state index in [1.165, 1.54) is 39.5 Å². The number of rotatable bonds is 7. The van der Waals surface area contributed by atoms with E-state index in [9.17, 15) is 18.0 Å². The van der Waals surface area contributed by atoms with Gasteiger partial charge < -0.3 is 5.32 Å². The number of fused-ring (bicyclic) bond motifs is 1. The van der Waals surface area contributed by atoms with Crippen LogP contribution in [0, 0.1) is 0 Å². The fourth-order valence-electron chi connectivity index (χ4n) is 3.02. The lowest BCUT2D eigenvalue weighted by atomic mass is 10.2. The zero-order valence-electron chi connectivity index (χ0n) is 16.5. The first kappa shape index (κ1) is 21.9. The molecule has 0 saturated carbocycles. The molecule has 3 rings (SSSR count). The minimum atomic E-state index is -3.57. The molecule has 0 aliphatic heterocycles. The number of halogens is 1. The van der Waals surface area contributed by atoms with Gasteiger partial charge in [0.15, 0.2) is 0 Å². The minimum Gasteiger partial charge on any atom is -0.325 e. The highest BCUT2D eigenvalue weighted by molar-refractivity contribution is 7.89. The number of carbonyl (C=O) groups excluding carboxylic acids is 1. The maximum atomic E-state index is 12.5. The van der Waals surface area contributed by atoms with Crippen LogP contribution < -0.4 is 10.9 Å². The molecule has 1 aromatic heterocycles. The first-order valence-electron chi connectivity index (χ1n) is 9.31. The predicted octanol–water partition coefficient (Wildman–Crippen LogP) is 2.72. The molecule has 3 aromatic rings. The molecule has 0 saturated heterocycles. The van der Waals surface area contributed by atoms with Gasteiger partial charge in [-0.05, 0) is 42.5 Å². The smallest absolute Gasteiger partial charge is 0.261 e. The van der Waals surface area contributed by atoms with Crippen LogP contribution in [-0.2, 0) is 21.4 Å². The number of nitrogens with one attached hydrogen (secondary N) is 1. The third kappa shape index (κ3) is 4.53. The Morgan fingerprint density at radius 3 is 2.43 bits per heavy atom. The van der Waals surface area contributed by atoms with Gasteiger partial charge in [-0.2, -0.15) is 4.31 Å². The van der Waals surface area contributed by atoms with Crippen LogP contribution in [-0.4, -0.2) is 41.3 Å². The summed E-state index contributed by atoms with van der Waals surface area (Å²) in [7, 11) is -3.57. The van der Waals surface area contributed by atoms with Gasteiger partial charge in [-0.3, -0.25) is 14.2 Å². The summed E-state index contributed by atoms with van der Waals surface area (Å²) in [4.78, 5) is 29.2. The number of carbonyl (C=O) groups is 1. The first-order valence-corrected chi connectivity index (χ1v) is 11.1. The zero-order chi connectivity index (χ0) is 21.9. The summed E-state index contributed by atoms with van der Waals surface area (Å²) in [5.74, 6) is -0.438. The molecule has 0 unspecified atom stereocenters. The zero-order valence-corrected chi connectivity index (χ0v) is 18.1. The molecule has 1 amide bonds. The molecule has 1 N–H and O–H groups in total. The van der Waals surface area contributed by atoms with Crippen LogP contribution in [0.1, 0.15) is 13.8 Å². The van der Waals surface area contributed by atoms with Gasteiger partial charge in [-0.25, -0.2) is 13.4 Å². The molecule has 1 heterocycles. The SMILES string of the molecule is CCN(CC)S(=O)(=O)c1ccc(NC(=O)Cn2cnc3cc(Cl)ccc3c2=O)cc1. The minimum absolute atomic E-state index is 0.151. The molecule has 0 atom stereocenters. The number of sulfonamides is 1. The lowest BCUT2D eigenvalue weighted by molar-refractivity contribution is -0.116. The molecule has 158 valence electrons. The monoisotopic (exact) mass is 448 g/mol. The number of benzene rings is 2. The molecule has 0 aliphatic rings. The van der Waals surface area contributed by atoms with Crippen LogP contribution in [0.5, 0.6) is 0 Å². The lowest BCUT2D eigenvalue weighted by Crippen LogP contribution is -2.30. The van der Waals surface area contributed by atoms with Crippen LogP contribution in [0.2, 0.25) is 5.02 Å². The molecule has 2 aromatic carbocycles. The van der Waals surface area contributed by atoms with E-state index < -0.39 is 15.9 Å². The van der Waals surface area contributed by atoms with E-state index in [-0.39, 0.29) is 17.0 Å². The maximum absolute atomic E-state index is 12.5. The van der Waals surface area contributed by atoms with Crippen molar-refractivity contribution in [1.29, 1.82) is 0 Å². The molecule has 0 bridgehead atoms. The summed E-state index contributed by atoms with van der Waals surface area (Å²) in [6.07, 6.45) is 1.29. The summed E-state index contributed by atoms with van der Waals surface area (Å²) in [5.41, 5.74) is 0.522. The third-order valence-corrected chi connectivity index (χ3v) is 6.88. The van der Waals surface area contributed by atoms with Crippen molar-refractivity contribution >= 4 is 44.1 Å². The van der Waals surface area contributed by atoms with Crippen LogP contribution in [0.3, 0.4) is 0 Å². The van der Waals surface area contributed by atoms with Gasteiger partial charge in [0.05, 0.1) is 22.1 Å². The molecule has 10 heteroatoms. The topological polar surface area (TPSA) is 101 Å². The van der Waals surface area contributed by atoms with E-state index in [2.05, 4.69) is 10.3 Å². The van der Waals surface area contributed by atoms with Crippen LogP contribution in [0.4, 0.5) is 5.69 Å². The molecule has 0 aliphatic carbocycles. The number of hydrogen-bond acceptors (Lipinski definition) is 5. The van der Waals surface area contributed by atoms with Gasteiger partial charge >= 0.3 is 0 Å². The first-order chi connectivity index (χ1) is 14.3. The highest BCUT2D eigenvalue weighted by Gasteiger charge is 2.21. The third-order valence-electron chi connectivity index (χ3n) is 4.58. The molecule has 0 radical (unpaired) electrons. The second-order valence-corrected chi connectivity index (χ2v) is 8.88. The van der Waals surface area contributed by atoms with E-state index in [0.29, 0.717) is 34.7 Å². The lowest BCUT2D eigenvalue weighted by Gasteiger charge is -2.18. The summed E-state index contributed by atoms with van der Waals surface area (Å²) in [6.45, 7) is 4.06. The molecule has 0 fully saturated rings. The van der Waals surface area contributed by atoms with Crippen LogP contribution in [0.25, 0.3) is 10.9 Å². The molecule has 30 heavy (non-hydrogen) atoms. The average Bonchev–Trinajstić information content (AvgIpc) is 2.71. The standard InChI is InChI=1S/C20H21ClN4O4S/c1-3-25(4-2)30(28,29)16-8-6-15(7-9-16)23-19(26)12-24-13-22-18-11-14(21)5-10-17(18)20(24)27/h5-11,13H,3-4,12H2,1-2H3,(H,23,26). The van der Waals surface area contributed by atoms with E-state index in [4.69, 9.17) is 11.6 Å². The maximum Gasteiger partial charge on any atom is 0.261 e. The van der Waals surface area contributed by atoms with Gasteiger partial charge in [0.1, 0.15) is 6.54 Å². The molecular weight excluding hydrogens is 428 g/mol. The average molecular weight is 449 g/mol. The summed E-state index contributed by atoms with van der Waals surface area (Å²) >= 11 is 5.91. The largest absolute Gasteiger partial charge is 0.325 e. The Kier molecular flexibility index (Phi) is 6.55. The van der Waals surface area contributed by atoms with Crippen molar-refractivity contribution in [2.24, 2.45) is 0 Å². The summed E-state index contributed by atoms with van der Waals surface area (Å²) in [5, 5.41) is 3.49. The van der Waals surface area contributed by atoms with Gasteiger partial charge in [0.25, 0.3) is 5.56 Å². The van der Waals surface area contributed by atoms with Gasteiger partial charge in [-0.15, -0.1) is 0 Å². The number of nitrogens with zero attached hydrogens (tertiary/aromatic N) is 3. The summed E-state index contributed by atoms with van der Waals surface area (Å²) < 4.78 is 27.6. The summed E-state index contributed by atoms with van der Waals surface area (Å²) in [6, 6.07) is 10.6. The van der Waals surface area contributed by atoms with Crippen molar-refractivity contribution in [2.75, 3.05) is 18.4 Å². The Balaban J connectivity index is 1.74. The van der Waals surface area contributed by atoms with Gasteiger partial charge in [0, 0.05) is 23.8 Å². The van der Waals surface area contributed by atoms with Crippen molar-refractivity contribution in [1.82, 2.24) is 13.9 Å². The highest BCUT2D eigenvalue weighted by atomic mass is 35.5. The molecule has 8 nitrogen and oxygen atoms in total. The Morgan fingerprint density at radius 2 is 1.80 bits per heavy atom. The highest BCUT2D eigenvalue weighted by Crippen LogP contribution is 2.18. The number of anilines is 1.